The number of hydrogen-bond acceptors (Lipinski definition) is 4. The van der Waals surface area contributed by atoms with Crippen LogP contribution in [0.3, 0.4) is 0 Å². The second-order valence-electron chi connectivity index (χ2n) is 5.48. The van der Waals surface area contributed by atoms with Gasteiger partial charge >= 0.3 is 0 Å². The van der Waals surface area contributed by atoms with Crippen LogP contribution in [-0.4, -0.2) is 38.8 Å². The Morgan fingerprint density at radius 2 is 2.33 bits per heavy atom. The molecule has 1 atom stereocenters. The molecule has 1 aliphatic rings. The summed E-state index contributed by atoms with van der Waals surface area (Å²) in [6.45, 7) is 4.32. The summed E-state index contributed by atoms with van der Waals surface area (Å²) < 4.78 is 1.92. The summed E-state index contributed by atoms with van der Waals surface area (Å²) in [5.74, 6) is 0.996. The molecule has 1 aromatic heterocycles. The first kappa shape index (κ1) is 13.9. The number of aliphatic hydroxyl groups is 1. The lowest BCUT2D eigenvalue weighted by atomic mass is 10.0. The molecule has 2 rings (SSSR count). The summed E-state index contributed by atoms with van der Waals surface area (Å²) in [5, 5.41) is 18.6. The van der Waals surface area contributed by atoms with Crippen LogP contribution in [0.25, 0.3) is 0 Å². The number of rotatable bonds is 7. The van der Waals surface area contributed by atoms with E-state index < -0.39 is 0 Å². The number of aliphatic hydroxyl groups excluding tert-OH is 1. The third-order valence-electron chi connectivity index (χ3n) is 3.34. The molecule has 102 valence electrons. The summed E-state index contributed by atoms with van der Waals surface area (Å²) in [6.07, 6.45) is 3.47. The van der Waals surface area contributed by atoms with Gasteiger partial charge in [0.25, 0.3) is 0 Å². The fraction of sp³-hybridized carbons (Fsp3) is 0.769. The van der Waals surface area contributed by atoms with Crippen molar-refractivity contribution in [3.63, 3.8) is 0 Å². The van der Waals surface area contributed by atoms with E-state index in [2.05, 4.69) is 23.4 Å². The highest BCUT2D eigenvalue weighted by molar-refractivity contribution is 7.99. The largest absolute Gasteiger partial charge is 0.394 e. The quantitative estimate of drug-likeness (QED) is 0.740. The second kappa shape index (κ2) is 5.63. The maximum Gasteiger partial charge on any atom is 0.0939 e. The number of aromatic nitrogens is 2. The Hall–Kier alpha value is -0.520. The Bertz CT molecular complexity index is 403. The van der Waals surface area contributed by atoms with Crippen LogP contribution in [-0.2, 0) is 7.05 Å². The molecule has 2 N–H and O–H groups in total. The van der Waals surface area contributed by atoms with Gasteiger partial charge in [-0.05, 0) is 39.2 Å². The molecule has 1 fully saturated rings. The van der Waals surface area contributed by atoms with Crippen LogP contribution in [0.2, 0.25) is 0 Å². The normalized spacial score (nSPS) is 18.9. The number of aryl methyl sites for hydroxylation is 2. The molecular weight excluding hydrogens is 246 g/mol. The zero-order valence-electron chi connectivity index (χ0n) is 11.4. The van der Waals surface area contributed by atoms with Crippen molar-refractivity contribution in [3.8, 4) is 0 Å². The fourth-order valence-corrected chi connectivity index (χ4v) is 3.26. The van der Waals surface area contributed by atoms with Gasteiger partial charge < -0.3 is 10.4 Å². The second-order valence-corrected chi connectivity index (χ2v) is 6.60. The van der Waals surface area contributed by atoms with E-state index in [1.165, 1.54) is 17.9 Å². The van der Waals surface area contributed by atoms with Crippen molar-refractivity contribution in [3.05, 3.63) is 11.8 Å². The van der Waals surface area contributed by atoms with E-state index in [0.717, 1.165) is 17.9 Å². The van der Waals surface area contributed by atoms with Crippen LogP contribution in [0, 0.1) is 6.92 Å². The maximum absolute atomic E-state index is 9.53. The minimum atomic E-state index is -0.137. The highest BCUT2D eigenvalue weighted by Crippen LogP contribution is 2.26. The molecule has 1 saturated carbocycles. The Kier molecular flexibility index (Phi) is 4.35. The van der Waals surface area contributed by atoms with Crippen LogP contribution in [0.1, 0.15) is 31.9 Å². The molecule has 5 heteroatoms. The molecule has 18 heavy (non-hydrogen) atoms. The molecule has 1 heterocycles. The van der Waals surface area contributed by atoms with Gasteiger partial charge in [0.05, 0.1) is 17.3 Å². The fourth-order valence-electron chi connectivity index (χ4n) is 2.02. The summed E-state index contributed by atoms with van der Waals surface area (Å²) in [5.41, 5.74) is 0.919. The molecule has 0 saturated heterocycles. The first-order chi connectivity index (χ1) is 8.52. The first-order valence-electron chi connectivity index (χ1n) is 6.54. The van der Waals surface area contributed by atoms with Gasteiger partial charge in [0.15, 0.2) is 0 Å². The van der Waals surface area contributed by atoms with Gasteiger partial charge in [0.2, 0.25) is 0 Å². The third-order valence-corrected chi connectivity index (χ3v) is 4.43. The van der Waals surface area contributed by atoms with Crippen molar-refractivity contribution in [2.45, 2.75) is 49.7 Å². The van der Waals surface area contributed by atoms with Crippen LogP contribution in [0.4, 0.5) is 0 Å². The van der Waals surface area contributed by atoms with Crippen LogP contribution >= 0.6 is 11.8 Å². The predicted octanol–water partition coefficient (Wildman–Crippen LogP) is 1.71. The van der Waals surface area contributed by atoms with Crippen LogP contribution in [0.5, 0.6) is 0 Å². The molecule has 0 aliphatic heterocycles. The van der Waals surface area contributed by atoms with Gasteiger partial charge in [-0.3, -0.25) is 4.68 Å². The van der Waals surface area contributed by atoms with E-state index in [9.17, 15) is 5.11 Å². The minimum Gasteiger partial charge on any atom is -0.394 e. The molecule has 0 aromatic carbocycles. The monoisotopic (exact) mass is 269 g/mol. The SMILES string of the molecule is Cc1cc(SCCC(C)(CO)NC2CC2)n(C)n1. The highest BCUT2D eigenvalue weighted by atomic mass is 32.2. The number of nitrogens with one attached hydrogen (secondary N) is 1. The first-order valence-corrected chi connectivity index (χ1v) is 7.53. The Morgan fingerprint density at radius 3 is 2.83 bits per heavy atom. The average Bonchev–Trinajstić information content (AvgIpc) is 3.05. The lowest BCUT2D eigenvalue weighted by molar-refractivity contribution is 0.169. The highest BCUT2D eigenvalue weighted by Gasteiger charge is 2.31. The molecule has 1 unspecified atom stereocenters. The molecule has 1 aromatic rings. The molecule has 0 spiro atoms. The van der Waals surface area contributed by atoms with Gasteiger partial charge in [-0.2, -0.15) is 5.10 Å². The predicted molar refractivity (Wildman–Crippen MR) is 74.9 cm³/mol. The topological polar surface area (TPSA) is 50.1 Å². The van der Waals surface area contributed by atoms with Crippen molar-refractivity contribution in [1.82, 2.24) is 15.1 Å². The lowest BCUT2D eigenvalue weighted by Crippen LogP contribution is -2.47. The molecule has 0 bridgehead atoms. The zero-order chi connectivity index (χ0) is 13.2. The Balaban J connectivity index is 1.80. The summed E-state index contributed by atoms with van der Waals surface area (Å²) in [6, 6.07) is 2.74. The zero-order valence-corrected chi connectivity index (χ0v) is 12.3. The minimum absolute atomic E-state index is 0.137. The average molecular weight is 269 g/mol. The molecule has 1 aliphatic carbocycles. The summed E-state index contributed by atoms with van der Waals surface area (Å²) in [7, 11) is 1.98. The van der Waals surface area contributed by atoms with Gasteiger partial charge in [0.1, 0.15) is 0 Å². The van der Waals surface area contributed by atoms with Crippen LogP contribution in [0.15, 0.2) is 11.1 Å². The molecule has 0 amide bonds. The molecule has 4 nitrogen and oxygen atoms in total. The number of nitrogens with zero attached hydrogens (tertiary/aromatic N) is 2. The lowest BCUT2D eigenvalue weighted by Gasteiger charge is -2.28. The summed E-state index contributed by atoms with van der Waals surface area (Å²) >= 11 is 1.81. The molecule has 0 radical (unpaired) electrons. The molecular formula is C13H23N3OS. The van der Waals surface area contributed by atoms with E-state index in [-0.39, 0.29) is 12.1 Å². The Morgan fingerprint density at radius 1 is 1.61 bits per heavy atom. The van der Waals surface area contributed by atoms with Crippen molar-refractivity contribution in [2.75, 3.05) is 12.4 Å². The van der Waals surface area contributed by atoms with Crippen molar-refractivity contribution in [2.24, 2.45) is 7.05 Å². The van der Waals surface area contributed by atoms with Crippen molar-refractivity contribution in [1.29, 1.82) is 0 Å². The van der Waals surface area contributed by atoms with Gasteiger partial charge in [-0.1, -0.05) is 0 Å². The van der Waals surface area contributed by atoms with Gasteiger partial charge in [0, 0.05) is 24.4 Å². The van der Waals surface area contributed by atoms with E-state index in [0.29, 0.717) is 6.04 Å². The van der Waals surface area contributed by atoms with E-state index in [4.69, 9.17) is 0 Å². The number of thioether (sulfide) groups is 1. The van der Waals surface area contributed by atoms with Crippen LogP contribution < -0.4 is 5.32 Å². The van der Waals surface area contributed by atoms with E-state index >= 15 is 0 Å². The number of hydrogen-bond donors (Lipinski definition) is 2. The van der Waals surface area contributed by atoms with E-state index in [1.807, 2.05) is 18.7 Å². The standard InChI is InChI=1S/C13H23N3OS/c1-10-8-12(16(3)15-10)18-7-6-13(2,9-17)14-11-4-5-11/h8,11,14,17H,4-7,9H2,1-3H3. The van der Waals surface area contributed by atoms with E-state index in [1.54, 1.807) is 11.8 Å². The third kappa shape index (κ3) is 3.73. The van der Waals surface area contributed by atoms with Gasteiger partial charge in [-0.15, -0.1) is 11.8 Å². The van der Waals surface area contributed by atoms with Crippen molar-refractivity contribution >= 4 is 11.8 Å². The van der Waals surface area contributed by atoms with Crippen molar-refractivity contribution < 1.29 is 5.11 Å². The smallest absolute Gasteiger partial charge is 0.0939 e. The maximum atomic E-state index is 9.53. The Labute approximate surface area is 113 Å². The van der Waals surface area contributed by atoms with Gasteiger partial charge in [-0.25, -0.2) is 0 Å². The summed E-state index contributed by atoms with van der Waals surface area (Å²) in [4.78, 5) is 0.